The van der Waals surface area contributed by atoms with Gasteiger partial charge in [-0.15, -0.1) is 0 Å². The number of carbonyl (C=O) groups is 1. The Balaban J connectivity index is 1.86. The zero-order valence-corrected chi connectivity index (χ0v) is 15.7. The van der Waals surface area contributed by atoms with Gasteiger partial charge in [-0.25, -0.2) is 4.98 Å². The lowest BCUT2D eigenvalue weighted by atomic mass is 10.0. The number of hydrogen-bond donors (Lipinski definition) is 3. The molecule has 6 nitrogen and oxygen atoms in total. The fourth-order valence-corrected chi connectivity index (χ4v) is 3.34. The van der Waals surface area contributed by atoms with Gasteiger partial charge in [-0.2, -0.15) is 0 Å². The van der Waals surface area contributed by atoms with E-state index in [-0.39, 0.29) is 12.3 Å². The van der Waals surface area contributed by atoms with Crippen LogP contribution >= 0.6 is 0 Å². The topological polar surface area (TPSA) is 93.0 Å². The highest BCUT2D eigenvalue weighted by Crippen LogP contribution is 2.32. The molecule has 0 aliphatic rings. The number of nitrogens with zero attached hydrogens (tertiary/aromatic N) is 1. The summed E-state index contributed by atoms with van der Waals surface area (Å²) in [6, 6.07) is 17.8. The summed E-state index contributed by atoms with van der Waals surface area (Å²) in [6.07, 6.45) is 0.150. The van der Waals surface area contributed by atoms with E-state index in [0.29, 0.717) is 6.61 Å². The molecule has 0 aliphatic heterocycles. The summed E-state index contributed by atoms with van der Waals surface area (Å²) in [6.45, 7) is 1.36. The largest absolute Gasteiger partial charge is 0.492 e. The average molecular weight is 374 g/mol. The first kappa shape index (κ1) is 18.0. The van der Waals surface area contributed by atoms with Gasteiger partial charge in [0.1, 0.15) is 12.4 Å². The van der Waals surface area contributed by atoms with Gasteiger partial charge in [0.25, 0.3) is 0 Å². The fraction of sp³-hybridized carbons (Fsp3) is 0.182. The first-order valence-corrected chi connectivity index (χ1v) is 9.22. The van der Waals surface area contributed by atoms with Gasteiger partial charge in [-0.05, 0) is 30.8 Å². The maximum atomic E-state index is 11.6. The Kier molecular flexibility index (Phi) is 4.95. The molecule has 0 atom stereocenters. The summed E-state index contributed by atoms with van der Waals surface area (Å²) in [4.78, 5) is 19.9. The van der Waals surface area contributed by atoms with Gasteiger partial charge in [0.05, 0.1) is 28.7 Å². The molecule has 0 radical (unpaired) electrons. The Morgan fingerprint density at radius 3 is 2.75 bits per heavy atom. The number of amides is 1. The summed E-state index contributed by atoms with van der Waals surface area (Å²) >= 11 is 0. The predicted molar refractivity (Wildman–Crippen MR) is 111 cm³/mol. The van der Waals surface area contributed by atoms with Crippen molar-refractivity contribution in [1.82, 2.24) is 15.3 Å². The van der Waals surface area contributed by atoms with Crippen molar-refractivity contribution in [2.24, 2.45) is 5.73 Å². The van der Waals surface area contributed by atoms with Crippen LogP contribution in [0.3, 0.4) is 0 Å². The standard InChI is InChI=1S/C22H22N4O2/c1-24-9-10-28-16-7-8-17-19(13-16)26-21-15(12-20(23)27)11-18(25-22(17)21)14-5-3-2-4-6-14/h2-8,11,13,24,26H,9-10,12H2,1H3,(H2,23,27). The van der Waals surface area contributed by atoms with Crippen molar-refractivity contribution in [3.63, 3.8) is 0 Å². The first-order chi connectivity index (χ1) is 13.7. The van der Waals surface area contributed by atoms with Crippen LogP contribution in [0.15, 0.2) is 54.6 Å². The van der Waals surface area contributed by atoms with Crippen LogP contribution in [-0.2, 0) is 11.2 Å². The van der Waals surface area contributed by atoms with Gasteiger partial charge in [0.2, 0.25) is 5.91 Å². The molecule has 0 unspecified atom stereocenters. The number of H-pyrrole nitrogens is 1. The third-order valence-corrected chi connectivity index (χ3v) is 4.66. The summed E-state index contributed by atoms with van der Waals surface area (Å²) in [5, 5.41) is 4.04. The van der Waals surface area contributed by atoms with Crippen LogP contribution in [0.2, 0.25) is 0 Å². The molecular formula is C22H22N4O2. The first-order valence-electron chi connectivity index (χ1n) is 9.22. The second kappa shape index (κ2) is 7.70. The van der Waals surface area contributed by atoms with Crippen LogP contribution < -0.4 is 15.8 Å². The number of nitrogens with two attached hydrogens (primary N) is 1. The number of primary amides is 1. The average Bonchev–Trinajstić information content (AvgIpc) is 3.07. The third kappa shape index (κ3) is 3.54. The Labute approximate surface area is 162 Å². The van der Waals surface area contributed by atoms with Crippen molar-refractivity contribution in [2.45, 2.75) is 6.42 Å². The molecule has 4 aromatic rings. The van der Waals surface area contributed by atoms with Crippen molar-refractivity contribution in [1.29, 1.82) is 0 Å². The third-order valence-electron chi connectivity index (χ3n) is 4.66. The summed E-state index contributed by atoms with van der Waals surface area (Å²) in [5.41, 5.74) is 10.7. The molecule has 0 saturated heterocycles. The molecule has 0 bridgehead atoms. The number of carbonyl (C=O) groups excluding carboxylic acids is 1. The highest BCUT2D eigenvalue weighted by atomic mass is 16.5. The number of likely N-dealkylation sites (N-methyl/N-ethyl adjacent to an activating group) is 1. The van der Waals surface area contributed by atoms with Crippen molar-refractivity contribution < 1.29 is 9.53 Å². The van der Waals surface area contributed by atoms with Gasteiger partial charge in [-0.3, -0.25) is 4.79 Å². The Morgan fingerprint density at radius 1 is 1.18 bits per heavy atom. The number of aromatic nitrogens is 2. The van der Waals surface area contributed by atoms with Crippen LogP contribution in [0.5, 0.6) is 5.75 Å². The smallest absolute Gasteiger partial charge is 0.221 e. The number of aromatic amines is 1. The number of fused-ring (bicyclic) bond motifs is 3. The van der Waals surface area contributed by atoms with Crippen molar-refractivity contribution in [3.05, 3.63) is 60.2 Å². The molecular weight excluding hydrogens is 352 g/mol. The molecule has 28 heavy (non-hydrogen) atoms. The normalized spacial score (nSPS) is 11.2. The highest BCUT2D eigenvalue weighted by molar-refractivity contribution is 6.07. The lowest BCUT2D eigenvalue weighted by Crippen LogP contribution is -2.15. The maximum Gasteiger partial charge on any atom is 0.221 e. The van der Waals surface area contributed by atoms with Gasteiger partial charge in [0.15, 0.2) is 0 Å². The van der Waals surface area contributed by atoms with E-state index in [2.05, 4.69) is 10.3 Å². The van der Waals surface area contributed by atoms with E-state index in [1.807, 2.05) is 61.6 Å². The predicted octanol–water partition coefficient (Wildman–Crippen LogP) is 3.01. The second-order valence-electron chi connectivity index (χ2n) is 6.68. The van der Waals surface area contributed by atoms with E-state index in [1.165, 1.54) is 0 Å². The molecule has 0 aliphatic carbocycles. The molecule has 142 valence electrons. The molecule has 0 fully saturated rings. The SMILES string of the molecule is CNCCOc1ccc2c(c1)[nH]c1c(CC(N)=O)cc(-c3ccccc3)nc12. The number of benzene rings is 2. The minimum Gasteiger partial charge on any atom is -0.492 e. The van der Waals surface area contributed by atoms with Crippen LogP contribution in [0.25, 0.3) is 33.2 Å². The number of nitrogens with one attached hydrogen (secondary N) is 2. The van der Waals surface area contributed by atoms with Crippen LogP contribution in [-0.4, -0.2) is 36.1 Å². The van der Waals surface area contributed by atoms with Crippen molar-refractivity contribution >= 4 is 27.8 Å². The number of rotatable bonds is 7. The van der Waals surface area contributed by atoms with Crippen LogP contribution in [0.1, 0.15) is 5.56 Å². The molecule has 2 aromatic heterocycles. The summed E-state index contributed by atoms with van der Waals surface area (Å²) < 4.78 is 5.76. The minimum atomic E-state index is -0.374. The fourth-order valence-electron chi connectivity index (χ4n) is 3.34. The zero-order valence-electron chi connectivity index (χ0n) is 15.7. The maximum absolute atomic E-state index is 11.6. The van der Waals surface area contributed by atoms with Crippen LogP contribution in [0.4, 0.5) is 0 Å². The second-order valence-corrected chi connectivity index (χ2v) is 6.68. The van der Waals surface area contributed by atoms with Gasteiger partial charge >= 0.3 is 0 Å². The van der Waals surface area contributed by atoms with E-state index < -0.39 is 0 Å². The van der Waals surface area contributed by atoms with E-state index in [4.69, 9.17) is 15.5 Å². The molecule has 0 saturated carbocycles. The number of ether oxygens (including phenoxy) is 1. The molecule has 4 rings (SSSR count). The number of hydrogen-bond acceptors (Lipinski definition) is 4. The monoisotopic (exact) mass is 374 g/mol. The minimum absolute atomic E-state index is 0.150. The van der Waals surface area contributed by atoms with Crippen LogP contribution in [0, 0.1) is 0 Å². The molecule has 6 heteroatoms. The lowest BCUT2D eigenvalue weighted by Gasteiger charge is -2.06. The Morgan fingerprint density at radius 2 is 2.00 bits per heavy atom. The van der Waals surface area contributed by atoms with Crippen molar-refractivity contribution in [3.8, 4) is 17.0 Å². The zero-order chi connectivity index (χ0) is 19.5. The van der Waals surface area contributed by atoms with E-state index in [9.17, 15) is 4.79 Å². The molecule has 1 amide bonds. The van der Waals surface area contributed by atoms with E-state index >= 15 is 0 Å². The molecule has 0 spiro atoms. The summed E-state index contributed by atoms with van der Waals surface area (Å²) in [7, 11) is 1.89. The quantitative estimate of drug-likeness (QED) is 0.434. The Hall–Kier alpha value is -3.38. The summed E-state index contributed by atoms with van der Waals surface area (Å²) in [5.74, 6) is 0.412. The highest BCUT2D eigenvalue weighted by Gasteiger charge is 2.15. The van der Waals surface area contributed by atoms with Gasteiger partial charge < -0.3 is 20.8 Å². The molecule has 2 aromatic carbocycles. The number of pyridine rings is 1. The van der Waals surface area contributed by atoms with E-state index in [1.54, 1.807) is 0 Å². The van der Waals surface area contributed by atoms with Gasteiger partial charge in [0, 0.05) is 23.6 Å². The molecule has 4 N–H and O–H groups in total. The lowest BCUT2D eigenvalue weighted by molar-refractivity contribution is -0.117. The molecule has 2 heterocycles. The van der Waals surface area contributed by atoms with Crippen molar-refractivity contribution in [2.75, 3.05) is 20.2 Å². The van der Waals surface area contributed by atoms with E-state index in [0.717, 1.165) is 51.1 Å². The Bertz CT molecular complexity index is 1140. The van der Waals surface area contributed by atoms with Gasteiger partial charge in [-0.1, -0.05) is 30.3 Å².